The summed E-state index contributed by atoms with van der Waals surface area (Å²) in [4.78, 5) is 20.0. The third-order valence-electron chi connectivity index (χ3n) is 1.62. The molecule has 84 valence electrons. The second kappa shape index (κ2) is 4.73. The lowest BCUT2D eigenvalue weighted by atomic mass is 10.2. The highest BCUT2D eigenvalue weighted by molar-refractivity contribution is 5.86. The molecular weight excluding hydrogens is 216 g/mol. The summed E-state index contributed by atoms with van der Waals surface area (Å²) in [6.45, 7) is 0. The standard InChI is InChI=1S/C8H8N4O4/c9-8(14)11-10-4-5-2-1-3-6(7(5)13)12(15)16/h1-4,13H,(H3,9,11,14). The highest BCUT2D eigenvalue weighted by atomic mass is 16.6. The van der Waals surface area contributed by atoms with Gasteiger partial charge in [0.1, 0.15) is 0 Å². The van der Waals surface area contributed by atoms with Gasteiger partial charge >= 0.3 is 11.7 Å². The number of primary amides is 1. The number of nitrogens with two attached hydrogens (primary N) is 1. The van der Waals surface area contributed by atoms with E-state index in [0.29, 0.717) is 0 Å². The van der Waals surface area contributed by atoms with E-state index in [1.807, 2.05) is 5.43 Å². The third-order valence-corrected chi connectivity index (χ3v) is 1.62. The second-order valence-electron chi connectivity index (χ2n) is 2.71. The fourth-order valence-electron chi connectivity index (χ4n) is 0.966. The Balaban J connectivity index is 2.97. The van der Waals surface area contributed by atoms with E-state index in [1.165, 1.54) is 12.1 Å². The quantitative estimate of drug-likeness (QED) is 0.387. The first-order valence-corrected chi connectivity index (χ1v) is 4.07. The van der Waals surface area contributed by atoms with Gasteiger partial charge in [0, 0.05) is 11.6 Å². The number of carbonyl (C=O) groups is 1. The molecule has 8 heteroatoms. The zero-order chi connectivity index (χ0) is 12.1. The molecule has 0 saturated carbocycles. The van der Waals surface area contributed by atoms with Gasteiger partial charge in [-0.25, -0.2) is 10.2 Å². The number of hydrogen-bond donors (Lipinski definition) is 3. The molecular formula is C8H8N4O4. The Kier molecular flexibility index (Phi) is 3.38. The summed E-state index contributed by atoms with van der Waals surface area (Å²) in [7, 11) is 0. The van der Waals surface area contributed by atoms with Gasteiger partial charge in [-0.2, -0.15) is 5.10 Å². The number of phenolic OH excluding ortho intramolecular Hbond substituents is 1. The highest BCUT2D eigenvalue weighted by Crippen LogP contribution is 2.27. The number of para-hydroxylation sites is 1. The van der Waals surface area contributed by atoms with Crippen molar-refractivity contribution in [3.8, 4) is 5.75 Å². The maximum Gasteiger partial charge on any atom is 0.332 e. The van der Waals surface area contributed by atoms with Crippen LogP contribution in [0.25, 0.3) is 0 Å². The van der Waals surface area contributed by atoms with Gasteiger partial charge in [-0.3, -0.25) is 10.1 Å². The number of amides is 2. The monoisotopic (exact) mass is 224 g/mol. The minimum Gasteiger partial charge on any atom is -0.502 e. The number of nitro groups is 1. The average Bonchev–Trinajstić information content (AvgIpc) is 2.19. The van der Waals surface area contributed by atoms with Gasteiger partial charge in [-0.1, -0.05) is 6.07 Å². The van der Waals surface area contributed by atoms with E-state index in [4.69, 9.17) is 5.73 Å². The predicted molar refractivity (Wildman–Crippen MR) is 55.1 cm³/mol. The molecule has 0 aliphatic carbocycles. The van der Waals surface area contributed by atoms with Crippen molar-refractivity contribution in [2.75, 3.05) is 0 Å². The van der Waals surface area contributed by atoms with E-state index in [-0.39, 0.29) is 5.56 Å². The van der Waals surface area contributed by atoms with Crippen LogP contribution < -0.4 is 11.2 Å². The van der Waals surface area contributed by atoms with Crippen LogP contribution in [0.2, 0.25) is 0 Å². The maximum absolute atomic E-state index is 10.5. The van der Waals surface area contributed by atoms with Crippen LogP contribution in [-0.2, 0) is 0 Å². The molecule has 4 N–H and O–H groups in total. The molecule has 8 nitrogen and oxygen atoms in total. The van der Waals surface area contributed by atoms with Gasteiger partial charge in [-0.15, -0.1) is 0 Å². The van der Waals surface area contributed by atoms with Crippen molar-refractivity contribution in [1.82, 2.24) is 5.43 Å². The number of benzene rings is 1. The number of hydrazone groups is 1. The number of phenols is 1. The van der Waals surface area contributed by atoms with Gasteiger partial charge in [0.2, 0.25) is 5.75 Å². The minimum absolute atomic E-state index is 0.1000. The lowest BCUT2D eigenvalue weighted by molar-refractivity contribution is -0.385. The zero-order valence-corrected chi connectivity index (χ0v) is 7.95. The second-order valence-corrected chi connectivity index (χ2v) is 2.71. The molecule has 2 amide bonds. The normalized spacial score (nSPS) is 10.2. The van der Waals surface area contributed by atoms with Crippen molar-refractivity contribution in [2.24, 2.45) is 10.8 Å². The Morgan fingerprint density at radius 2 is 2.31 bits per heavy atom. The topological polar surface area (TPSA) is 131 Å². The molecule has 0 radical (unpaired) electrons. The fraction of sp³-hybridized carbons (Fsp3) is 0. The molecule has 0 atom stereocenters. The molecule has 1 aromatic carbocycles. The molecule has 0 aliphatic heterocycles. The molecule has 1 rings (SSSR count). The zero-order valence-electron chi connectivity index (χ0n) is 7.95. The van der Waals surface area contributed by atoms with Crippen molar-refractivity contribution in [2.45, 2.75) is 0 Å². The number of nitrogens with one attached hydrogen (secondary N) is 1. The first-order chi connectivity index (χ1) is 7.52. The van der Waals surface area contributed by atoms with Crippen LogP contribution in [0.5, 0.6) is 5.75 Å². The van der Waals surface area contributed by atoms with E-state index < -0.39 is 22.4 Å². The first kappa shape index (κ1) is 11.4. The van der Waals surface area contributed by atoms with Gasteiger partial charge in [0.15, 0.2) is 0 Å². The summed E-state index contributed by atoms with van der Waals surface area (Å²) < 4.78 is 0. The summed E-state index contributed by atoms with van der Waals surface area (Å²) in [5.41, 5.74) is 6.29. The molecule has 0 saturated heterocycles. The maximum atomic E-state index is 10.5. The Labute approximate surface area is 89.5 Å². The SMILES string of the molecule is NC(=O)NN=Cc1cccc([N+](=O)[O-])c1O. The van der Waals surface area contributed by atoms with Crippen molar-refractivity contribution >= 4 is 17.9 Å². The van der Waals surface area contributed by atoms with E-state index >= 15 is 0 Å². The number of aromatic hydroxyl groups is 1. The van der Waals surface area contributed by atoms with Gasteiger partial charge in [0.05, 0.1) is 11.1 Å². The number of urea groups is 1. The Morgan fingerprint density at radius 3 is 2.88 bits per heavy atom. The van der Waals surface area contributed by atoms with Crippen molar-refractivity contribution in [1.29, 1.82) is 0 Å². The number of hydrogen-bond acceptors (Lipinski definition) is 5. The van der Waals surface area contributed by atoms with Crippen LogP contribution in [0, 0.1) is 10.1 Å². The summed E-state index contributed by atoms with van der Waals surface area (Å²) in [6.07, 6.45) is 1.05. The predicted octanol–water partition coefficient (Wildman–Crippen LogP) is 0.303. The summed E-state index contributed by atoms with van der Waals surface area (Å²) in [5.74, 6) is -0.525. The molecule has 0 bridgehead atoms. The van der Waals surface area contributed by atoms with Crippen LogP contribution in [0.1, 0.15) is 5.56 Å². The Morgan fingerprint density at radius 1 is 1.62 bits per heavy atom. The number of nitro benzene ring substituents is 1. The van der Waals surface area contributed by atoms with Crippen LogP contribution in [0.3, 0.4) is 0 Å². The molecule has 0 aliphatic rings. The van der Waals surface area contributed by atoms with Gasteiger partial charge < -0.3 is 10.8 Å². The average molecular weight is 224 g/mol. The molecule has 0 unspecified atom stereocenters. The number of carbonyl (C=O) groups excluding carboxylic acids is 1. The molecule has 0 fully saturated rings. The largest absolute Gasteiger partial charge is 0.502 e. The van der Waals surface area contributed by atoms with E-state index in [0.717, 1.165) is 12.3 Å². The number of rotatable bonds is 3. The number of nitrogens with zero attached hydrogens (tertiary/aromatic N) is 2. The molecule has 16 heavy (non-hydrogen) atoms. The third kappa shape index (κ3) is 2.67. The van der Waals surface area contributed by atoms with Crippen molar-refractivity contribution in [3.63, 3.8) is 0 Å². The van der Waals surface area contributed by atoms with E-state index in [9.17, 15) is 20.0 Å². The first-order valence-electron chi connectivity index (χ1n) is 4.07. The summed E-state index contributed by atoms with van der Waals surface area (Å²) in [5, 5.41) is 23.3. The highest BCUT2D eigenvalue weighted by Gasteiger charge is 2.14. The summed E-state index contributed by atoms with van der Waals surface area (Å²) >= 11 is 0. The molecule has 0 heterocycles. The molecule has 0 spiro atoms. The molecule has 1 aromatic rings. The minimum atomic E-state index is -0.874. The smallest absolute Gasteiger partial charge is 0.332 e. The van der Waals surface area contributed by atoms with Crippen molar-refractivity contribution in [3.05, 3.63) is 33.9 Å². The van der Waals surface area contributed by atoms with Crippen LogP contribution in [0.4, 0.5) is 10.5 Å². The lowest BCUT2D eigenvalue weighted by Crippen LogP contribution is -2.24. The van der Waals surface area contributed by atoms with Crippen LogP contribution >= 0.6 is 0 Å². The van der Waals surface area contributed by atoms with Crippen LogP contribution in [0.15, 0.2) is 23.3 Å². The molecule has 0 aromatic heterocycles. The summed E-state index contributed by atoms with van der Waals surface area (Å²) in [6, 6.07) is 3.05. The Bertz CT molecular complexity index is 457. The lowest BCUT2D eigenvalue weighted by Gasteiger charge is -1.99. The van der Waals surface area contributed by atoms with Crippen molar-refractivity contribution < 1.29 is 14.8 Å². The van der Waals surface area contributed by atoms with Crippen LogP contribution in [-0.4, -0.2) is 22.3 Å². The van der Waals surface area contributed by atoms with Gasteiger partial charge in [0.25, 0.3) is 0 Å². The fourth-order valence-corrected chi connectivity index (χ4v) is 0.966. The Hall–Kier alpha value is -2.64. The van der Waals surface area contributed by atoms with Gasteiger partial charge in [-0.05, 0) is 6.07 Å². The van der Waals surface area contributed by atoms with E-state index in [1.54, 1.807) is 0 Å². The van der Waals surface area contributed by atoms with E-state index in [2.05, 4.69) is 5.10 Å².